The summed E-state index contributed by atoms with van der Waals surface area (Å²) >= 11 is 0. The van der Waals surface area contributed by atoms with Gasteiger partial charge in [0.25, 0.3) is 0 Å². The molecule has 1 fully saturated rings. The predicted molar refractivity (Wildman–Crippen MR) is 95.4 cm³/mol. The highest BCUT2D eigenvalue weighted by Crippen LogP contribution is 2.21. The molecule has 1 aliphatic rings. The maximum absolute atomic E-state index is 13.9. The Labute approximate surface area is 144 Å². The smallest absolute Gasteiger partial charge is 0.408 e. The minimum Gasteiger partial charge on any atom is -0.408 e. The molecule has 0 bridgehead atoms. The first-order chi connectivity index (χ1) is 12.1. The van der Waals surface area contributed by atoms with Gasteiger partial charge in [0.1, 0.15) is 5.82 Å². The van der Waals surface area contributed by atoms with Crippen molar-refractivity contribution < 1.29 is 8.81 Å². The van der Waals surface area contributed by atoms with E-state index in [9.17, 15) is 9.18 Å². The summed E-state index contributed by atoms with van der Waals surface area (Å²) in [6.07, 6.45) is 0. The fourth-order valence-corrected chi connectivity index (χ4v) is 3.34. The molecule has 130 valence electrons. The summed E-state index contributed by atoms with van der Waals surface area (Å²) in [5.74, 6) is -0.527. The highest BCUT2D eigenvalue weighted by molar-refractivity contribution is 5.73. The topological polar surface area (TPSA) is 41.6 Å². The molecule has 0 unspecified atom stereocenters. The fraction of sp³-hybridized carbons (Fsp3) is 0.316. The van der Waals surface area contributed by atoms with Crippen LogP contribution in [-0.4, -0.2) is 35.6 Å². The third kappa shape index (κ3) is 3.05. The number of hydrogen-bond donors (Lipinski definition) is 0. The molecule has 0 atom stereocenters. The third-order valence-corrected chi connectivity index (χ3v) is 4.73. The van der Waals surface area contributed by atoms with Crippen LogP contribution in [0.2, 0.25) is 0 Å². The van der Waals surface area contributed by atoms with Crippen molar-refractivity contribution in [2.45, 2.75) is 13.6 Å². The van der Waals surface area contributed by atoms with Crippen LogP contribution in [0.4, 0.5) is 10.1 Å². The SMILES string of the molecule is Cc1ccc2oc(=O)n(CN3CCN(c4ccccc4F)CC3)c2c1. The molecular formula is C19H20FN3O2. The summed E-state index contributed by atoms with van der Waals surface area (Å²) in [5, 5.41) is 0. The highest BCUT2D eigenvalue weighted by Gasteiger charge is 2.21. The van der Waals surface area contributed by atoms with Gasteiger partial charge in [-0.3, -0.25) is 9.47 Å². The second-order valence-electron chi connectivity index (χ2n) is 6.47. The number of nitrogens with zero attached hydrogens (tertiary/aromatic N) is 3. The van der Waals surface area contributed by atoms with Crippen LogP contribution in [0.1, 0.15) is 5.56 Å². The zero-order valence-electron chi connectivity index (χ0n) is 14.1. The van der Waals surface area contributed by atoms with Crippen molar-refractivity contribution in [1.82, 2.24) is 9.47 Å². The van der Waals surface area contributed by atoms with Gasteiger partial charge in [0.15, 0.2) is 5.58 Å². The summed E-state index contributed by atoms with van der Waals surface area (Å²) in [6.45, 7) is 5.46. The lowest BCUT2D eigenvalue weighted by atomic mass is 10.2. The van der Waals surface area contributed by atoms with Crippen LogP contribution in [0, 0.1) is 12.7 Å². The second-order valence-corrected chi connectivity index (χ2v) is 6.47. The first-order valence-corrected chi connectivity index (χ1v) is 8.43. The molecule has 0 N–H and O–H groups in total. The summed E-state index contributed by atoms with van der Waals surface area (Å²) in [4.78, 5) is 16.4. The molecule has 0 amide bonds. The number of rotatable bonds is 3. The molecule has 0 aliphatic carbocycles. The number of aromatic nitrogens is 1. The van der Waals surface area contributed by atoms with Gasteiger partial charge in [0.05, 0.1) is 17.9 Å². The summed E-state index contributed by atoms with van der Waals surface area (Å²) < 4.78 is 20.9. The number of benzene rings is 2. The summed E-state index contributed by atoms with van der Waals surface area (Å²) in [6, 6.07) is 12.6. The van der Waals surface area contributed by atoms with Crippen molar-refractivity contribution in [3.8, 4) is 0 Å². The molecule has 5 nitrogen and oxygen atoms in total. The van der Waals surface area contributed by atoms with Crippen LogP contribution in [0.5, 0.6) is 0 Å². The number of anilines is 1. The number of fused-ring (bicyclic) bond motifs is 1. The van der Waals surface area contributed by atoms with Gasteiger partial charge in [0.2, 0.25) is 0 Å². The summed E-state index contributed by atoms with van der Waals surface area (Å²) in [5.41, 5.74) is 3.16. The van der Waals surface area contributed by atoms with E-state index in [-0.39, 0.29) is 11.6 Å². The van der Waals surface area contributed by atoms with Gasteiger partial charge < -0.3 is 9.32 Å². The van der Waals surface area contributed by atoms with Crippen LogP contribution in [-0.2, 0) is 6.67 Å². The van der Waals surface area contributed by atoms with Gasteiger partial charge in [-0.25, -0.2) is 9.18 Å². The Bertz CT molecular complexity index is 955. The first-order valence-electron chi connectivity index (χ1n) is 8.43. The minimum atomic E-state index is -0.336. The van der Waals surface area contributed by atoms with Gasteiger partial charge in [-0.1, -0.05) is 18.2 Å². The van der Waals surface area contributed by atoms with Crippen molar-refractivity contribution in [2.24, 2.45) is 0 Å². The normalized spacial score (nSPS) is 15.8. The lowest BCUT2D eigenvalue weighted by molar-refractivity contribution is 0.201. The molecular weight excluding hydrogens is 321 g/mol. The lowest BCUT2D eigenvalue weighted by Crippen LogP contribution is -2.47. The Morgan fingerprint density at radius 3 is 2.60 bits per heavy atom. The van der Waals surface area contributed by atoms with Crippen LogP contribution in [0.25, 0.3) is 11.1 Å². The van der Waals surface area contributed by atoms with Crippen LogP contribution < -0.4 is 10.7 Å². The van der Waals surface area contributed by atoms with E-state index in [0.29, 0.717) is 17.9 Å². The maximum atomic E-state index is 13.9. The zero-order valence-corrected chi connectivity index (χ0v) is 14.1. The highest BCUT2D eigenvalue weighted by atomic mass is 19.1. The quantitative estimate of drug-likeness (QED) is 0.735. The molecule has 0 spiro atoms. The molecule has 0 radical (unpaired) electrons. The number of aryl methyl sites for hydroxylation is 1. The van der Waals surface area contributed by atoms with E-state index in [1.165, 1.54) is 6.07 Å². The molecule has 6 heteroatoms. The van der Waals surface area contributed by atoms with Crippen molar-refractivity contribution >= 4 is 16.8 Å². The van der Waals surface area contributed by atoms with E-state index in [1.807, 2.05) is 42.2 Å². The zero-order chi connectivity index (χ0) is 17.4. The maximum Gasteiger partial charge on any atom is 0.421 e. The van der Waals surface area contributed by atoms with E-state index in [1.54, 1.807) is 10.6 Å². The second kappa shape index (κ2) is 6.37. The van der Waals surface area contributed by atoms with E-state index < -0.39 is 0 Å². The average molecular weight is 341 g/mol. The molecule has 2 aromatic carbocycles. The summed E-state index contributed by atoms with van der Waals surface area (Å²) in [7, 11) is 0. The average Bonchev–Trinajstić information content (AvgIpc) is 2.91. The largest absolute Gasteiger partial charge is 0.421 e. The molecule has 0 saturated carbocycles. The molecule has 3 aromatic rings. The van der Waals surface area contributed by atoms with E-state index in [2.05, 4.69) is 4.90 Å². The number of piperazine rings is 1. The Morgan fingerprint density at radius 1 is 1.08 bits per heavy atom. The van der Waals surface area contributed by atoms with Crippen LogP contribution in [0.15, 0.2) is 51.7 Å². The van der Waals surface area contributed by atoms with Gasteiger partial charge in [-0.15, -0.1) is 0 Å². The number of hydrogen-bond acceptors (Lipinski definition) is 4. The molecule has 1 aromatic heterocycles. The Balaban J connectivity index is 1.49. The molecule has 25 heavy (non-hydrogen) atoms. The van der Waals surface area contributed by atoms with Crippen molar-refractivity contribution in [2.75, 3.05) is 31.1 Å². The standard InChI is InChI=1S/C19H20FN3O2/c1-14-6-7-18-17(12-14)23(19(24)25-18)13-21-8-10-22(11-9-21)16-5-3-2-4-15(16)20/h2-7,12H,8-11,13H2,1H3. The third-order valence-electron chi connectivity index (χ3n) is 4.73. The van der Waals surface area contributed by atoms with E-state index in [4.69, 9.17) is 4.42 Å². The first kappa shape index (κ1) is 15.9. The molecule has 1 saturated heterocycles. The number of halogens is 1. The lowest BCUT2D eigenvalue weighted by Gasteiger charge is -2.36. The Morgan fingerprint density at radius 2 is 1.84 bits per heavy atom. The van der Waals surface area contributed by atoms with Crippen LogP contribution in [0.3, 0.4) is 0 Å². The van der Waals surface area contributed by atoms with Crippen molar-refractivity contribution in [3.63, 3.8) is 0 Å². The Hall–Kier alpha value is -2.60. The van der Waals surface area contributed by atoms with Crippen molar-refractivity contribution in [1.29, 1.82) is 0 Å². The van der Waals surface area contributed by atoms with Gasteiger partial charge >= 0.3 is 5.76 Å². The fourth-order valence-electron chi connectivity index (χ4n) is 3.34. The predicted octanol–water partition coefficient (Wildman–Crippen LogP) is 2.82. The Kier molecular flexibility index (Phi) is 4.05. The number of oxazole rings is 1. The van der Waals surface area contributed by atoms with E-state index >= 15 is 0 Å². The molecule has 2 heterocycles. The minimum absolute atomic E-state index is 0.191. The van der Waals surface area contributed by atoms with E-state index in [0.717, 1.165) is 37.3 Å². The number of para-hydroxylation sites is 1. The van der Waals surface area contributed by atoms with Gasteiger partial charge in [-0.2, -0.15) is 0 Å². The van der Waals surface area contributed by atoms with Gasteiger partial charge in [-0.05, 0) is 36.8 Å². The monoisotopic (exact) mass is 341 g/mol. The van der Waals surface area contributed by atoms with Crippen molar-refractivity contribution in [3.05, 3.63) is 64.4 Å². The van der Waals surface area contributed by atoms with Gasteiger partial charge in [0, 0.05) is 26.2 Å². The molecule has 4 rings (SSSR count). The van der Waals surface area contributed by atoms with Crippen LogP contribution >= 0.6 is 0 Å². The molecule has 1 aliphatic heterocycles.